The van der Waals surface area contributed by atoms with Crippen molar-refractivity contribution >= 4 is 11.6 Å². The van der Waals surface area contributed by atoms with Gasteiger partial charge in [-0.25, -0.2) is 0 Å². The van der Waals surface area contributed by atoms with Gasteiger partial charge in [-0.15, -0.1) is 11.6 Å². The van der Waals surface area contributed by atoms with E-state index < -0.39 is 0 Å². The molecule has 0 fully saturated rings. The second-order valence-corrected chi connectivity index (χ2v) is 7.93. The number of rotatable bonds is 9. The van der Waals surface area contributed by atoms with E-state index in [0.717, 1.165) is 6.42 Å². The highest BCUT2D eigenvalue weighted by atomic mass is 35.5. The summed E-state index contributed by atoms with van der Waals surface area (Å²) in [6, 6.07) is 10.6. The Bertz CT molecular complexity index is 377. The van der Waals surface area contributed by atoms with Crippen molar-refractivity contribution in [2.24, 2.45) is 5.41 Å². The normalized spacial score (nSPS) is 14.9. The fraction of sp³-hybridized carbons (Fsp3) is 0.700. The van der Waals surface area contributed by atoms with Crippen molar-refractivity contribution in [3.05, 3.63) is 35.9 Å². The highest BCUT2D eigenvalue weighted by Crippen LogP contribution is 2.48. The first-order valence-corrected chi connectivity index (χ1v) is 9.04. The summed E-state index contributed by atoms with van der Waals surface area (Å²) in [5, 5.41) is 0. The molecule has 0 saturated heterocycles. The van der Waals surface area contributed by atoms with Gasteiger partial charge >= 0.3 is 0 Å². The van der Waals surface area contributed by atoms with E-state index >= 15 is 0 Å². The van der Waals surface area contributed by atoms with Crippen LogP contribution in [-0.2, 0) is 4.87 Å². The summed E-state index contributed by atoms with van der Waals surface area (Å²) in [5.41, 5.74) is 1.34. The Labute approximate surface area is 137 Å². The number of alkyl halides is 1. The van der Waals surface area contributed by atoms with E-state index in [0.29, 0.717) is 0 Å². The predicted octanol–water partition coefficient (Wildman–Crippen LogP) is 7.31. The minimum Gasteiger partial charge on any atom is -0.114 e. The summed E-state index contributed by atoms with van der Waals surface area (Å²) < 4.78 is 0. The van der Waals surface area contributed by atoms with Gasteiger partial charge in [-0.2, -0.15) is 0 Å². The predicted molar refractivity (Wildman–Crippen MR) is 96.0 cm³/mol. The molecule has 1 heteroatoms. The average Bonchev–Trinajstić information content (AvgIpc) is 2.46. The van der Waals surface area contributed by atoms with Gasteiger partial charge in [-0.3, -0.25) is 0 Å². The van der Waals surface area contributed by atoms with Crippen LogP contribution in [0.4, 0.5) is 0 Å². The van der Waals surface area contributed by atoms with Crippen LogP contribution in [-0.4, -0.2) is 0 Å². The van der Waals surface area contributed by atoms with E-state index in [1.807, 2.05) is 0 Å². The molecule has 0 radical (unpaired) electrons. The lowest BCUT2D eigenvalue weighted by Gasteiger charge is -2.40. The van der Waals surface area contributed by atoms with Gasteiger partial charge in [0.1, 0.15) is 0 Å². The van der Waals surface area contributed by atoms with Crippen LogP contribution in [0.3, 0.4) is 0 Å². The Morgan fingerprint density at radius 3 is 1.86 bits per heavy atom. The highest BCUT2D eigenvalue weighted by molar-refractivity contribution is 6.24. The lowest BCUT2D eigenvalue weighted by Crippen LogP contribution is -2.34. The lowest BCUT2D eigenvalue weighted by atomic mass is 9.73. The molecule has 21 heavy (non-hydrogen) atoms. The Morgan fingerprint density at radius 1 is 0.810 bits per heavy atom. The summed E-state index contributed by atoms with van der Waals surface area (Å²) in [6.07, 6.45) is 10.4. The Balaban J connectivity index is 2.53. The van der Waals surface area contributed by atoms with Gasteiger partial charge in [0.25, 0.3) is 0 Å². The molecular weight excluding hydrogens is 276 g/mol. The van der Waals surface area contributed by atoms with Gasteiger partial charge in [0.15, 0.2) is 0 Å². The molecule has 1 unspecified atom stereocenters. The molecule has 0 saturated carbocycles. The van der Waals surface area contributed by atoms with Crippen molar-refractivity contribution in [2.75, 3.05) is 0 Å². The Kier molecular flexibility index (Phi) is 7.81. The van der Waals surface area contributed by atoms with Crippen molar-refractivity contribution in [2.45, 2.75) is 83.9 Å². The molecule has 0 bridgehead atoms. The van der Waals surface area contributed by atoms with E-state index in [2.05, 4.69) is 58.0 Å². The quantitative estimate of drug-likeness (QED) is 0.331. The van der Waals surface area contributed by atoms with Crippen LogP contribution in [0.1, 0.15) is 84.6 Å². The van der Waals surface area contributed by atoms with Crippen molar-refractivity contribution in [1.29, 1.82) is 0 Å². The third-order valence-electron chi connectivity index (χ3n) is 4.54. The zero-order valence-corrected chi connectivity index (χ0v) is 15.2. The van der Waals surface area contributed by atoms with Gasteiger partial charge in [0, 0.05) is 0 Å². The minimum absolute atomic E-state index is 0.0676. The van der Waals surface area contributed by atoms with E-state index in [9.17, 15) is 0 Å². The summed E-state index contributed by atoms with van der Waals surface area (Å²) in [4.78, 5) is -0.252. The van der Waals surface area contributed by atoms with Crippen LogP contribution in [0.15, 0.2) is 30.3 Å². The minimum atomic E-state index is -0.252. The molecule has 0 nitrogen and oxygen atoms in total. The summed E-state index contributed by atoms with van der Waals surface area (Å²) in [6.45, 7) is 9.04. The van der Waals surface area contributed by atoms with Crippen LogP contribution in [0, 0.1) is 5.41 Å². The number of hydrogen-bond acceptors (Lipinski definition) is 0. The average molecular weight is 309 g/mol. The topological polar surface area (TPSA) is 0 Å². The molecule has 0 aromatic heterocycles. The maximum absolute atomic E-state index is 7.10. The molecule has 0 spiro atoms. The second-order valence-electron chi connectivity index (χ2n) is 7.29. The summed E-state index contributed by atoms with van der Waals surface area (Å²) in [5.74, 6) is 0. The number of unbranched alkanes of at least 4 members (excludes halogenated alkanes) is 6. The van der Waals surface area contributed by atoms with Gasteiger partial charge in [0.05, 0.1) is 4.87 Å². The molecule has 1 aromatic carbocycles. The zero-order valence-electron chi connectivity index (χ0n) is 14.4. The van der Waals surface area contributed by atoms with E-state index in [4.69, 9.17) is 11.6 Å². The van der Waals surface area contributed by atoms with E-state index in [-0.39, 0.29) is 10.3 Å². The van der Waals surface area contributed by atoms with Crippen LogP contribution < -0.4 is 0 Å². The zero-order chi connectivity index (χ0) is 15.8. The molecule has 0 N–H and O–H groups in total. The summed E-state index contributed by atoms with van der Waals surface area (Å²) >= 11 is 7.10. The molecule has 0 amide bonds. The molecule has 0 heterocycles. The van der Waals surface area contributed by atoms with Crippen LogP contribution in [0.2, 0.25) is 0 Å². The van der Waals surface area contributed by atoms with Gasteiger partial charge in [-0.05, 0) is 17.4 Å². The van der Waals surface area contributed by atoms with Crippen molar-refractivity contribution in [3.63, 3.8) is 0 Å². The Morgan fingerprint density at radius 2 is 1.33 bits per heavy atom. The first kappa shape index (κ1) is 18.6. The molecule has 1 rings (SSSR count). The summed E-state index contributed by atoms with van der Waals surface area (Å²) in [7, 11) is 0. The fourth-order valence-electron chi connectivity index (χ4n) is 2.98. The molecule has 1 aromatic rings. The van der Waals surface area contributed by atoms with Gasteiger partial charge in [0.2, 0.25) is 0 Å². The standard InChI is InChI=1S/C20H33Cl/c1-5-6-7-8-9-10-14-17-20(21,19(2,3)4)18-15-12-11-13-16-18/h11-13,15-16H,5-10,14,17H2,1-4H3. The van der Waals surface area contributed by atoms with Crippen molar-refractivity contribution in [1.82, 2.24) is 0 Å². The van der Waals surface area contributed by atoms with Crippen LogP contribution in [0.5, 0.6) is 0 Å². The Hall–Kier alpha value is -0.490. The smallest absolute Gasteiger partial charge is 0.0743 e. The fourth-order valence-corrected chi connectivity index (χ4v) is 3.24. The monoisotopic (exact) mass is 308 g/mol. The van der Waals surface area contributed by atoms with Crippen molar-refractivity contribution in [3.8, 4) is 0 Å². The lowest BCUT2D eigenvalue weighted by molar-refractivity contribution is 0.253. The second kappa shape index (κ2) is 8.83. The maximum Gasteiger partial charge on any atom is 0.0743 e. The molecule has 0 aliphatic heterocycles. The first-order valence-electron chi connectivity index (χ1n) is 8.66. The van der Waals surface area contributed by atoms with E-state index in [1.165, 1.54) is 50.5 Å². The maximum atomic E-state index is 7.10. The largest absolute Gasteiger partial charge is 0.114 e. The first-order chi connectivity index (χ1) is 9.92. The molecule has 0 aliphatic rings. The number of halogens is 1. The SMILES string of the molecule is CCCCCCCCCC(Cl)(c1ccccc1)C(C)(C)C. The van der Waals surface area contributed by atoms with Crippen molar-refractivity contribution < 1.29 is 0 Å². The third-order valence-corrected chi connectivity index (χ3v) is 5.52. The number of hydrogen-bond donors (Lipinski definition) is 0. The van der Waals surface area contributed by atoms with Crippen LogP contribution >= 0.6 is 11.6 Å². The van der Waals surface area contributed by atoms with Crippen LogP contribution in [0.25, 0.3) is 0 Å². The molecule has 120 valence electrons. The molecule has 1 atom stereocenters. The van der Waals surface area contributed by atoms with Gasteiger partial charge in [-0.1, -0.05) is 103 Å². The highest BCUT2D eigenvalue weighted by Gasteiger charge is 2.40. The number of benzene rings is 1. The van der Waals surface area contributed by atoms with Gasteiger partial charge < -0.3 is 0 Å². The van der Waals surface area contributed by atoms with E-state index in [1.54, 1.807) is 0 Å². The molecular formula is C20H33Cl. The molecule has 0 aliphatic carbocycles. The third kappa shape index (κ3) is 5.66.